The van der Waals surface area contributed by atoms with E-state index in [9.17, 15) is 4.79 Å². The maximum absolute atomic E-state index is 11.3. The molecule has 0 bridgehead atoms. The average molecular weight is 212 g/mol. The number of thiazole rings is 2. The van der Waals surface area contributed by atoms with Crippen LogP contribution in [0.4, 0.5) is 0 Å². The predicted molar refractivity (Wildman–Crippen MR) is 54.5 cm³/mol. The van der Waals surface area contributed by atoms with Crippen LogP contribution in [0.15, 0.2) is 21.1 Å². The third kappa shape index (κ3) is 1.71. The van der Waals surface area contributed by atoms with Gasteiger partial charge >= 0.3 is 4.87 Å². The fourth-order valence-electron chi connectivity index (χ4n) is 1.07. The summed E-state index contributed by atoms with van der Waals surface area (Å²) in [5.41, 5.74) is 3.74. The first kappa shape index (κ1) is 8.65. The lowest BCUT2D eigenvalue weighted by atomic mass is 10.4. The van der Waals surface area contributed by atoms with Gasteiger partial charge in [0.1, 0.15) is 0 Å². The molecule has 2 rings (SSSR count). The van der Waals surface area contributed by atoms with Gasteiger partial charge in [-0.05, 0) is 6.92 Å². The molecule has 3 nitrogen and oxygen atoms in total. The van der Waals surface area contributed by atoms with Crippen LogP contribution in [0.5, 0.6) is 0 Å². The van der Waals surface area contributed by atoms with Gasteiger partial charge in [-0.1, -0.05) is 11.3 Å². The van der Waals surface area contributed by atoms with Crippen LogP contribution in [0.3, 0.4) is 0 Å². The summed E-state index contributed by atoms with van der Waals surface area (Å²) in [6, 6.07) is 0. The normalized spacial score (nSPS) is 10.5. The number of aromatic nitrogens is 2. The van der Waals surface area contributed by atoms with Crippen molar-refractivity contribution in [1.29, 1.82) is 0 Å². The SMILES string of the molecule is Cc1csc(=O)n1Cc1cscn1. The molecule has 0 saturated carbocycles. The van der Waals surface area contributed by atoms with E-state index in [4.69, 9.17) is 0 Å². The van der Waals surface area contributed by atoms with E-state index in [1.807, 2.05) is 17.7 Å². The molecular weight excluding hydrogens is 204 g/mol. The largest absolute Gasteiger partial charge is 0.307 e. The monoisotopic (exact) mass is 212 g/mol. The van der Waals surface area contributed by atoms with Crippen molar-refractivity contribution in [2.24, 2.45) is 0 Å². The highest BCUT2D eigenvalue weighted by Gasteiger charge is 2.03. The molecule has 0 amide bonds. The summed E-state index contributed by atoms with van der Waals surface area (Å²) in [7, 11) is 0. The molecule has 0 fully saturated rings. The molecule has 0 aromatic carbocycles. The Balaban J connectivity index is 2.33. The van der Waals surface area contributed by atoms with Crippen molar-refractivity contribution in [1.82, 2.24) is 9.55 Å². The van der Waals surface area contributed by atoms with Crippen LogP contribution < -0.4 is 4.87 Å². The first-order valence-electron chi connectivity index (χ1n) is 3.79. The minimum Gasteiger partial charge on any atom is -0.297 e. The van der Waals surface area contributed by atoms with E-state index in [2.05, 4.69) is 4.98 Å². The number of aryl methyl sites for hydroxylation is 1. The van der Waals surface area contributed by atoms with Gasteiger partial charge in [-0.15, -0.1) is 11.3 Å². The summed E-state index contributed by atoms with van der Waals surface area (Å²) in [4.78, 5) is 15.5. The van der Waals surface area contributed by atoms with E-state index in [-0.39, 0.29) is 4.87 Å². The number of rotatable bonds is 2. The maximum Gasteiger partial charge on any atom is 0.307 e. The summed E-state index contributed by atoms with van der Waals surface area (Å²) < 4.78 is 1.74. The Morgan fingerprint density at radius 1 is 1.54 bits per heavy atom. The highest BCUT2D eigenvalue weighted by atomic mass is 32.1. The summed E-state index contributed by atoms with van der Waals surface area (Å²) >= 11 is 2.79. The van der Waals surface area contributed by atoms with E-state index in [1.54, 1.807) is 21.4 Å². The fourth-order valence-corrected chi connectivity index (χ4v) is 2.36. The Kier molecular flexibility index (Phi) is 2.28. The highest BCUT2D eigenvalue weighted by molar-refractivity contribution is 7.07. The third-order valence-corrected chi connectivity index (χ3v) is 3.30. The Bertz CT molecular complexity index is 441. The predicted octanol–water partition coefficient (Wildman–Crippen LogP) is 1.72. The lowest BCUT2D eigenvalue weighted by Crippen LogP contribution is -2.15. The van der Waals surface area contributed by atoms with E-state index in [0.717, 1.165) is 11.4 Å². The van der Waals surface area contributed by atoms with Gasteiger partial charge in [0.15, 0.2) is 0 Å². The standard InChI is InChI=1S/C8H8N2OS2/c1-6-3-13-8(11)10(6)2-7-4-12-5-9-7/h3-5H,2H2,1H3. The number of hydrogen-bond donors (Lipinski definition) is 0. The summed E-state index contributed by atoms with van der Waals surface area (Å²) in [5.74, 6) is 0. The van der Waals surface area contributed by atoms with Crippen molar-refractivity contribution in [2.45, 2.75) is 13.5 Å². The minimum atomic E-state index is 0.0884. The molecule has 0 N–H and O–H groups in total. The Morgan fingerprint density at radius 2 is 2.38 bits per heavy atom. The molecule has 0 aliphatic carbocycles. The van der Waals surface area contributed by atoms with E-state index in [1.165, 1.54) is 11.3 Å². The Hall–Kier alpha value is -0.940. The molecule has 0 radical (unpaired) electrons. The molecule has 2 aromatic rings. The van der Waals surface area contributed by atoms with Crippen molar-refractivity contribution in [3.8, 4) is 0 Å². The Labute approximate surface area is 83.3 Å². The maximum atomic E-state index is 11.3. The average Bonchev–Trinajstić information content (AvgIpc) is 2.70. The lowest BCUT2D eigenvalue weighted by Gasteiger charge is -1.99. The molecule has 2 heterocycles. The second kappa shape index (κ2) is 3.43. The van der Waals surface area contributed by atoms with Crippen LogP contribution in [-0.4, -0.2) is 9.55 Å². The smallest absolute Gasteiger partial charge is 0.297 e. The van der Waals surface area contributed by atoms with Crippen LogP contribution in [-0.2, 0) is 6.54 Å². The van der Waals surface area contributed by atoms with Crippen molar-refractivity contribution < 1.29 is 0 Å². The van der Waals surface area contributed by atoms with Gasteiger partial charge in [-0.3, -0.25) is 9.36 Å². The van der Waals surface area contributed by atoms with E-state index < -0.39 is 0 Å². The topological polar surface area (TPSA) is 34.9 Å². The van der Waals surface area contributed by atoms with Crippen molar-refractivity contribution >= 4 is 22.7 Å². The van der Waals surface area contributed by atoms with Gasteiger partial charge in [0.2, 0.25) is 0 Å². The summed E-state index contributed by atoms with van der Waals surface area (Å²) in [6.07, 6.45) is 0. The molecule has 0 aliphatic heterocycles. The molecule has 68 valence electrons. The number of hydrogen-bond acceptors (Lipinski definition) is 4. The molecule has 0 saturated heterocycles. The molecule has 5 heteroatoms. The van der Waals surface area contributed by atoms with Gasteiger partial charge in [-0.25, -0.2) is 4.98 Å². The van der Waals surface area contributed by atoms with E-state index in [0.29, 0.717) is 6.54 Å². The molecule has 13 heavy (non-hydrogen) atoms. The highest BCUT2D eigenvalue weighted by Crippen LogP contribution is 2.06. The fraction of sp³-hybridized carbons (Fsp3) is 0.250. The summed E-state index contributed by atoms with van der Waals surface area (Å²) in [5, 5.41) is 3.83. The zero-order chi connectivity index (χ0) is 9.26. The Morgan fingerprint density at radius 3 is 2.92 bits per heavy atom. The minimum absolute atomic E-state index is 0.0884. The lowest BCUT2D eigenvalue weighted by molar-refractivity contribution is 0.740. The zero-order valence-electron chi connectivity index (χ0n) is 7.06. The van der Waals surface area contributed by atoms with Gasteiger partial charge in [0, 0.05) is 16.5 Å². The van der Waals surface area contributed by atoms with Crippen molar-refractivity contribution in [3.63, 3.8) is 0 Å². The second-order valence-corrected chi connectivity index (χ2v) is 4.25. The van der Waals surface area contributed by atoms with E-state index >= 15 is 0 Å². The van der Waals surface area contributed by atoms with Gasteiger partial charge in [0.25, 0.3) is 0 Å². The zero-order valence-corrected chi connectivity index (χ0v) is 8.69. The number of nitrogens with zero attached hydrogens (tertiary/aromatic N) is 2. The molecule has 0 atom stereocenters. The van der Waals surface area contributed by atoms with Crippen LogP contribution in [0, 0.1) is 6.92 Å². The van der Waals surface area contributed by atoms with Crippen LogP contribution in [0.1, 0.15) is 11.4 Å². The first-order chi connectivity index (χ1) is 6.27. The van der Waals surface area contributed by atoms with Gasteiger partial charge < -0.3 is 0 Å². The molecule has 0 spiro atoms. The van der Waals surface area contributed by atoms with Crippen molar-refractivity contribution in [2.75, 3.05) is 0 Å². The van der Waals surface area contributed by atoms with Gasteiger partial charge in [-0.2, -0.15) is 0 Å². The molecular formula is C8H8N2OS2. The first-order valence-corrected chi connectivity index (χ1v) is 5.61. The van der Waals surface area contributed by atoms with Gasteiger partial charge in [0.05, 0.1) is 17.7 Å². The second-order valence-electron chi connectivity index (χ2n) is 2.71. The quantitative estimate of drug-likeness (QED) is 0.759. The van der Waals surface area contributed by atoms with Crippen LogP contribution in [0.2, 0.25) is 0 Å². The molecule has 0 unspecified atom stereocenters. The third-order valence-electron chi connectivity index (χ3n) is 1.78. The van der Waals surface area contributed by atoms with Crippen molar-refractivity contribution in [3.05, 3.63) is 37.3 Å². The molecule has 0 aliphatic rings. The summed E-state index contributed by atoms with van der Waals surface area (Å²) in [6.45, 7) is 2.53. The van der Waals surface area contributed by atoms with Crippen LogP contribution in [0.25, 0.3) is 0 Å². The molecule has 2 aromatic heterocycles. The van der Waals surface area contributed by atoms with Crippen LogP contribution >= 0.6 is 22.7 Å².